The van der Waals surface area contributed by atoms with E-state index >= 15 is 0 Å². The lowest BCUT2D eigenvalue weighted by Crippen LogP contribution is -2.46. The zero-order chi connectivity index (χ0) is 21.4. The number of hydrogen-bond acceptors (Lipinski definition) is 4. The molecular formula is C22H28N2O4S. The molecule has 1 unspecified atom stereocenters. The maximum atomic E-state index is 12.7. The van der Waals surface area contributed by atoms with E-state index in [4.69, 9.17) is 0 Å². The van der Waals surface area contributed by atoms with Gasteiger partial charge >= 0.3 is 0 Å². The lowest BCUT2D eigenvalue weighted by atomic mass is 10.2. The highest BCUT2D eigenvalue weighted by Gasteiger charge is 2.26. The first-order chi connectivity index (χ1) is 13.7. The summed E-state index contributed by atoms with van der Waals surface area (Å²) in [6.45, 7) is 5.82. The van der Waals surface area contributed by atoms with Crippen molar-refractivity contribution >= 4 is 27.3 Å². The number of hydrogen-bond donors (Lipinski definition) is 1. The van der Waals surface area contributed by atoms with E-state index in [1.807, 2.05) is 32.0 Å². The summed E-state index contributed by atoms with van der Waals surface area (Å²) in [6, 6.07) is 14.9. The highest BCUT2D eigenvalue weighted by molar-refractivity contribution is 7.91. The number of benzene rings is 2. The molecule has 0 radical (unpaired) electrons. The minimum Gasteiger partial charge on any atom is -0.331 e. The first kappa shape index (κ1) is 22.6. The molecule has 6 nitrogen and oxygen atoms in total. The van der Waals surface area contributed by atoms with Gasteiger partial charge in [0.2, 0.25) is 11.8 Å². The highest BCUT2D eigenvalue weighted by Crippen LogP contribution is 2.15. The van der Waals surface area contributed by atoms with Gasteiger partial charge in [-0.1, -0.05) is 42.8 Å². The Morgan fingerprint density at radius 3 is 2.24 bits per heavy atom. The summed E-state index contributed by atoms with van der Waals surface area (Å²) < 4.78 is 25.0. The molecule has 0 fully saturated rings. The molecule has 2 rings (SSSR count). The van der Waals surface area contributed by atoms with Crippen molar-refractivity contribution in [2.45, 2.75) is 44.6 Å². The monoisotopic (exact) mass is 416 g/mol. The average Bonchev–Trinajstić information content (AvgIpc) is 2.71. The molecule has 0 aliphatic heterocycles. The summed E-state index contributed by atoms with van der Waals surface area (Å²) in [5.74, 6) is -0.945. The van der Waals surface area contributed by atoms with Crippen LogP contribution in [0.5, 0.6) is 0 Å². The van der Waals surface area contributed by atoms with Crippen molar-refractivity contribution in [3.05, 3.63) is 60.2 Å². The zero-order valence-electron chi connectivity index (χ0n) is 17.1. The number of amides is 2. The largest absolute Gasteiger partial charge is 0.331 e. The van der Waals surface area contributed by atoms with Crippen LogP contribution in [0, 0.1) is 6.92 Å². The van der Waals surface area contributed by atoms with Crippen LogP contribution in [0.2, 0.25) is 0 Å². The first-order valence-corrected chi connectivity index (χ1v) is 11.3. The molecule has 156 valence electrons. The molecule has 1 N–H and O–H groups in total. The minimum atomic E-state index is -3.56. The van der Waals surface area contributed by atoms with Crippen molar-refractivity contribution in [2.75, 3.05) is 17.6 Å². The van der Waals surface area contributed by atoms with Crippen LogP contribution in [0.1, 0.15) is 32.3 Å². The molecular weight excluding hydrogens is 388 g/mol. The summed E-state index contributed by atoms with van der Waals surface area (Å²) in [7, 11) is -3.56. The molecule has 2 amide bonds. The standard InChI is InChI=1S/C22H28N2O4S/c1-4-15-24(18(3)22(26)23-19-8-6-5-7-9-19)21(25)14-16-29(27,28)20-12-10-17(2)11-13-20/h5-13,18H,4,14-16H2,1-3H3,(H,23,26). The van der Waals surface area contributed by atoms with Crippen molar-refractivity contribution < 1.29 is 18.0 Å². The fourth-order valence-corrected chi connectivity index (χ4v) is 4.14. The molecule has 2 aromatic carbocycles. The van der Waals surface area contributed by atoms with Crippen LogP contribution in [-0.2, 0) is 19.4 Å². The SMILES string of the molecule is CCCN(C(=O)CCS(=O)(=O)c1ccc(C)cc1)C(C)C(=O)Nc1ccccc1. The van der Waals surface area contributed by atoms with Gasteiger partial charge in [-0.2, -0.15) is 0 Å². The van der Waals surface area contributed by atoms with Crippen LogP contribution >= 0.6 is 0 Å². The Balaban J connectivity index is 2.04. The predicted molar refractivity (Wildman–Crippen MR) is 114 cm³/mol. The van der Waals surface area contributed by atoms with Gasteiger partial charge in [0.25, 0.3) is 0 Å². The van der Waals surface area contributed by atoms with Crippen molar-refractivity contribution in [3.8, 4) is 0 Å². The van der Waals surface area contributed by atoms with Gasteiger partial charge in [-0.05, 0) is 44.5 Å². The van der Waals surface area contributed by atoms with Crippen LogP contribution in [-0.4, -0.2) is 43.5 Å². The Kier molecular flexibility index (Phi) is 7.96. The van der Waals surface area contributed by atoms with Crippen LogP contribution in [0.4, 0.5) is 5.69 Å². The highest BCUT2D eigenvalue weighted by atomic mass is 32.2. The fourth-order valence-electron chi connectivity index (χ4n) is 2.91. The third-order valence-electron chi connectivity index (χ3n) is 4.64. The Labute approximate surface area is 172 Å². The van der Waals surface area contributed by atoms with Crippen LogP contribution in [0.25, 0.3) is 0 Å². The molecule has 0 saturated carbocycles. The summed E-state index contributed by atoms with van der Waals surface area (Å²) in [5.41, 5.74) is 1.61. The van der Waals surface area contributed by atoms with Crippen molar-refractivity contribution in [3.63, 3.8) is 0 Å². The Morgan fingerprint density at radius 1 is 1.03 bits per heavy atom. The van der Waals surface area contributed by atoms with Gasteiger partial charge < -0.3 is 10.2 Å². The third-order valence-corrected chi connectivity index (χ3v) is 6.37. The maximum absolute atomic E-state index is 12.7. The second-order valence-corrected chi connectivity index (χ2v) is 9.11. The van der Waals surface area contributed by atoms with Gasteiger partial charge in [0.1, 0.15) is 6.04 Å². The number of carbonyl (C=O) groups is 2. The van der Waals surface area contributed by atoms with Gasteiger partial charge in [-0.3, -0.25) is 9.59 Å². The van der Waals surface area contributed by atoms with Gasteiger partial charge in [-0.25, -0.2) is 8.42 Å². The van der Waals surface area contributed by atoms with Crippen LogP contribution in [0.15, 0.2) is 59.5 Å². The molecule has 0 aliphatic carbocycles. The lowest BCUT2D eigenvalue weighted by molar-refractivity contribution is -0.137. The molecule has 0 aliphatic rings. The van der Waals surface area contributed by atoms with Gasteiger partial charge in [0, 0.05) is 18.7 Å². The fraction of sp³-hybridized carbons (Fsp3) is 0.364. The summed E-state index contributed by atoms with van der Waals surface area (Å²) in [6.07, 6.45) is 0.499. The topological polar surface area (TPSA) is 83.6 Å². The normalized spacial score (nSPS) is 12.2. The van der Waals surface area contributed by atoms with Crippen LogP contribution < -0.4 is 5.32 Å². The van der Waals surface area contributed by atoms with Crippen LogP contribution in [0.3, 0.4) is 0 Å². The summed E-state index contributed by atoms with van der Waals surface area (Å²) in [5, 5.41) is 2.79. The maximum Gasteiger partial charge on any atom is 0.246 e. The van der Waals surface area contributed by atoms with E-state index in [1.165, 1.54) is 4.90 Å². The van der Waals surface area contributed by atoms with E-state index in [2.05, 4.69) is 5.32 Å². The van der Waals surface area contributed by atoms with E-state index in [1.54, 1.807) is 43.3 Å². The van der Waals surface area contributed by atoms with E-state index in [0.717, 1.165) is 5.56 Å². The molecule has 0 bridgehead atoms. The quantitative estimate of drug-likeness (QED) is 0.679. The molecule has 2 aromatic rings. The molecule has 0 heterocycles. The number of sulfone groups is 1. The van der Waals surface area contributed by atoms with Crippen molar-refractivity contribution in [1.29, 1.82) is 0 Å². The summed E-state index contributed by atoms with van der Waals surface area (Å²) in [4.78, 5) is 27.0. The second-order valence-electron chi connectivity index (χ2n) is 7.00. The lowest BCUT2D eigenvalue weighted by Gasteiger charge is -2.28. The number of aryl methyl sites for hydroxylation is 1. The molecule has 0 aromatic heterocycles. The number of para-hydroxylation sites is 1. The number of nitrogens with zero attached hydrogens (tertiary/aromatic N) is 1. The minimum absolute atomic E-state index is 0.167. The van der Waals surface area contributed by atoms with E-state index in [0.29, 0.717) is 18.7 Å². The van der Waals surface area contributed by atoms with Gasteiger partial charge in [0.05, 0.1) is 10.6 Å². The van der Waals surface area contributed by atoms with E-state index < -0.39 is 15.9 Å². The zero-order valence-corrected chi connectivity index (χ0v) is 17.9. The van der Waals surface area contributed by atoms with Crippen molar-refractivity contribution in [1.82, 2.24) is 4.90 Å². The van der Waals surface area contributed by atoms with Crippen molar-refractivity contribution in [2.24, 2.45) is 0 Å². The third kappa shape index (κ3) is 6.42. The average molecular weight is 417 g/mol. The molecule has 1 atom stereocenters. The molecule has 0 saturated heterocycles. The Bertz CT molecular complexity index is 925. The van der Waals surface area contributed by atoms with E-state index in [9.17, 15) is 18.0 Å². The number of anilines is 1. The number of carbonyl (C=O) groups excluding carboxylic acids is 2. The first-order valence-electron chi connectivity index (χ1n) is 9.69. The smallest absolute Gasteiger partial charge is 0.246 e. The number of rotatable bonds is 9. The molecule has 0 spiro atoms. The predicted octanol–water partition coefficient (Wildman–Crippen LogP) is 3.42. The van der Waals surface area contributed by atoms with Gasteiger partial charge in [0.15, 0.2) is 9.84 Å². The Hall–Kier alpha value is -2.67. The molecule has 29 heavy (non-hydrogen) atoms. The summed E-state index contributed by atoms with van der Waals surface area (Å²) >= 11 is 0. The molecule has 7 heteroatoms. The Morgan fingerprint density at radius 2 is 1.66 bits per heavy atom. The number of nitrogens with one attached hydrogen (secondary N) is 1. The van der Waals surface area contributed by atoms with E-state index in [-0.39, 0.29) is 28.9 Å². The van der Waals surface area contributed by atoms with Gasteiger partial charge in [-0.15, -0.1) is 0 Å². The second kappa shape index (κ2) is 10.2.